The third-order valence-electron chi connectivity index (χ3n) is 8.11. The fourth-order valence-corrected chi connectivity index (χ4v) is 7.34. The minimum absolute atomic E-state index is 0.0411. The summed E-state index contributed by atoms with van der Waals surface area (Å²) < 4.78 is 63.0. The van der Waals surface area contributed by atoms with Crippen molar-refractivity contribution >= 4 is 44.4 Å². The summed E-state index contributed by atoms with van der Waals surface area (Å²) in [6.07, 6.45) is 6.25. The molecule has 6 rings (SSSR count). The maximum Gasteiger partial charge on any atom is 0.534 e. The summed E-state index contributed by atoms with van der Waals surface area (Å²) in [7, 11) is -5.66. The van der Waals surface area contributed by atoms with Crippen LogP contribution in [0.15, 0.2) is 116 Å². The minimum Gasteiger partial charge on any atom is -0.376 e. The topological polar surface area (TPSA) is 67.4 Å². The predicted molar refractivity (Wildman–Crippen MR) is 204 cm³/mol. The smallest absolute Gasteiger partial charge is 0.376 e. The molecule has 0 unspecified atom stereocenters. The zero-order valence-corrected chi connectivity index (χ0v) is 30.3. The van der Waals surface area contributed by atoms with E-state index in [4.69, 9.17) is 0 Å². The van der Waals surface area contributed by atoms with Crippen molar-refractivity contribution in [3.63, 3.8) is 0 Å². The van der Waals surface area contributed by atoms with E-state index < -0.39 is 15.6 Å². The molecule has 2 heterocycles. The van der Waals surface area contributed by atoms with Gasteiger partial charge < -0.3 is 14.8 Å². The van der Waals surface area contributed by atoms with Crippen LogP contribution in [0.5, 0.6) is 5.75 Å². The standard InChI is InChI=1S/C27H27NS.C13H14F3NO3S/c1-4-16-29-19-22-18-27(2,3)28-26-15-14-21(17-25(22)26)24-13-9-8-12-23(24)20-10-6-5-7-11-20;1-8-7-12(2,3)17-11-5-4-9(6-10(8)11)20-21(18,19)13(14,15)16/h4-15,17-18,28H,1,16,19H2,2-3H3;4-7,17H,1-3H3. The number of thioether (sulfide) groups is 1. The van der Waals surface area contributed by atoms with Crippen LogP contribution in [0.1, 0.15) is 45.7 Å². The van der Waals surface area contributed by atoms with Crippen molar-refractivity contribution in [3.05, 3.63) is 127 Å². The van der Waals surface area contributed by atoms with E-state index >= 15 is 0 Å². The van der Waals surface area contributed by atoms with Crippen molar-refractivity contribution in [2.24, 2.45) is 0 Å². The summed E-state index contributed by atoms with van der Waals surface area (Å²) in [5.41, 5.74) is 5.30. The average Bonchev–Trinajstić information content (AvgIpc) is 3.04. The molecular formula is C40H41F3N2O3S2. The molecule has 0 radical (unpaired) electrons. The van der Waals surface area contributed by atoms with E-state index in [-0.39, 0.29) is 16.8 Å². The molecule has 10 heteroatoms. The van der Waals surface area contributed by atoms with Gasteiger partial charge in [-0.05, 0) is 98.4 Å². The van der Waals surface area contributed by atoms with Crippen LogP contribution < -0.4 is 14.8 Å². The lowest BCUT2D eigenvalue weighted by atomic mass is 9.88. The van der Waals surface area contributed by atoms with E-state index in [2.05, 4.69) is 114 Å². The maximum absolute atomic E-state index is 12.3. The van der Waals surface area contributed by atoms with Crippen molar-refractivity contribution in [2.75, 3.05) is 22.1 Å². The first-order chi connectivity index (χ1) is 23.5. The van der Waals surface area contributed by atoms with E-state index in [1.54, 1.807) is 6.92 Å². The lowest BCUT2D eigenvalue weighted by molar-refractivity contribution is -0.0500. The molecule has 4 aromatic rings. The molecule has 0 saturated heterocycles. The molecule has 0 fully saturated rings. The normalized spacial score (nSPS) is 15.8. The van der Waals surface area contributed by atoms with Crippen molar-refractivity contribution in [1.82, 2.24) is 0 Å². The number of nitrogens with one attached hydrogen (secondary N) is 2. The Kier molecular flexibility index (Phi) is 10.6. The summed E-state index contributed by atoms with van der Waals surface area (Å²) in [6.45, 7) is 14.0. The van der Waals surface area contributed by atoms with Crippen LogP contribution in [0, 0.1) is 0 Å². The third kappa shape index (κ3) is 8.65. The summed E-state index contributed by atoms with van der Waals surface area (Å²) >= 11 is 1.91. The van der Waals surface area contributed by atoms with Gasteiger partial charge in [-0.2, -0.15) is 33.4 Å². The highest BCUT2D eigenvalue weighted by Gasteiger charge is 2.48. The van der Waals surface area contributed by atoms with Gasteiger partial charge in [0.15, 0.2) is 0 Å². The molecule has 0 aromatic heterocycles. The van der Waals surface area contributed by atoms with Crippen LogP contribution in [0.4, 0.5) is 24.5 Å². The maximum atomic E-state index is 12.3. The predicted octanol–water partition coefficient (Wildman–Crippen LogP) is 11.0. The Balaban J connectivity index is 0.000000205. The van der Waals surface area contributed by atoms with Gasteiger partial charge in [-0.15, -0.1) is 6.58 Å². The Labute approximate surface area is 297 Å². The molecule has 0 spiro atoms. The second kappa shape index (κ2) is 14.4. The number of halogens is 3. The van der Waals surface area contributed by atoms with Gasteiger partial charge in [0.1, 0.15) is 5.75 Å². The van der Waals surface area contributed by atoms with Gasteiger partial charge >= 0.3 is 15.6 Å². The molecule has 2 aliphatic heterocycles. The highest BCUT2D eigenvalue weighted by atomic mass is 32.2. The fraction of sp³-hybridized carbons (Fsp3) is 0.250. The second-order valence-electron chi connectivity index (χ2n) is 13.4. The number of hydrogen-bond acceptors (Lipinski definition) is 6. The highest BCUT2D eigenvalue weighted by Crippen LogP contribution is 2.40. The summed E-state index contributed by atoms with van der Waals surface area (Å²) in [5, 5.41) is 6.86. The van der Waals surface area contributed by atoms with Gasteiger partial charge in [-0.1, -0.05) is 78.9 Å². The number of fused-ring (bicyclic) bond motifs is 2. The van der Waals surface area contributed by atoms with Crippen LogP contribution in [0.3, 0.4) is 0 Å². The van der Waals surface area contributed by atoms with E-state index in [0.29, 0.717) is 11.3 Å². The van der Waals surface area contributed by atoms with Crippen molar-refractivity contribution in [3.8, 4) is 28.0 Å². The van der Waals surface area contributed by atoms with Crippen molar-refractivity contribution in [1.29, 1.82) is 0 Å². The first-order valence-electron chi connectivity index (χ1n) is 16.1. The highest BCUT2D eigenvalue weighted by molar-refractivity contribution is 7.99. The van der Waals surface area contributed by atoms with Crippen LogP contribution in [0.25, 0.3) is 33.4 Å². The van der Waals surface area contributed by atoms with Gasteiger partial charge in [-0.25, -0.2) is 0 Å². The molecule has 2 aliphatic rings. The number of anilines is 2. The van der Waals surface area contributed by atoms with E-state index in [9.17, 15) is 21.6 Å². The molecule has 50 heavy (non-hydrogen) atoms. The second-order valence-corrected chi connectivity index (χ2v) is 15.9. The molecule has 0 saturated carbocycles. The molecular weight excluding hydrogens is 678 g/mol. The monoisotopic (exact) mass is 718 g/mol. The van der Waals surface area contributed by atoms with E-state index in [1.807, 2.05) is 37.8 Å². The number of rotatable bonds is 8. The van der Waals surface area contributed by atoms with Gasteiger partial charge in [0.25, 0.3) is 0 Å². The molecule has 0 bridgehead atoms. The summed E-state index contributed by atoms with van der Waals surface area (Å²) in [5.74, 6) is 1.59. The van der Waals surface area contributed by atoms with E-state index in [1.165, 1.54) is 57.3 Å². The minimum atomic E-state index is -5.66. The zero-order valence-electron chi connectivity index (χ0n) is 28.7. The average molecular weight is 719 g/mol. The van der Waals surface area contributed by atoms with Crippen LogP contribution in [0.2, 0.25) is 0 Å². The Hall–Kier alpha value is -4.41. The largest absolute Gasteiger partial charge is 0.534 e. The lowest BCUT2D eigenvalue weighted by Crippen LogP contribution is -2.32. The Morgan fingerprint density at radius 1 is 0.760 bits per heavy atom. The van der Waals surface area contributed by atoms with Gasteiger partial charge in [0.05, 0.1) is 11.1 Å². The number of alkyl halides is 3. The molecule has 2 N–H and O–H groups in total. The van der Waals surface area contributed by atoms with E-state index in [0.717, 1.165) is 17.1 Å². The van der Waals surface area contributed by atoms with Crippen molar-refractivity contribution < 1.29 is 25.8 Å². The molecule has 0 atom stereocenters. The molecule has 5 nitrogen and oxygen atoms in total. The van der Waals surface area contributed by atoms with Crippen LogP contribution in [-0.4, -0.2) is 36.5 Å². The number of hydrogen-bond donors (Lipinski definition) is 2. The quantitative estimate of drug-likeness (QED) is 0.0818. The summed E-state index contributed by atoms with van der Waals surface area (Å²) in [6, 6.07) is 30.1. The molecule has 262 valence electrons. The lowest BCUT2D eigenvalue weighted by Gasteiger charge is -2.32. The summed E-state index contributed by atoms with van der Waals surface area (Å²) in [4.78, 5) is 0. The number of allylic oxidation sites excluding steroid dienone is 1. The van der Waals surface area contributed by atoms with Crippen molar-refractivity contribution in [2.45, 2.75) is 51.2 Å². The van der Waals surface area contributed by atoms with Gasteiger partial charge in [-0.3, -0.25) is 0 Å². The third-order valence-corrected chi connectivity index (χ3v) is 10.1. The Bertz CT molecular complexity index is 2050. The first kappa shape index (κ1) is 36.9. The SMILES string of the molecule is C=CCSCC1=CC(C)(C)Nc2ccc(-c3ccccc3-c3ccccc3)cc21.CC1=CC(C)(C)Nc2ccc(OS(=O)(=O)C(F)(F)F)cc21. The number of benzene rings is 4. The van der Waals surface area contributed by atoms with Crippen LogP contribution >= 0.6 is 11.8 Å². The van der Waals surface area contributed by atoms with Gasteiger partial charge in [0.2, 0.25) is 0 Å². The zero-order chi connectivity index (χ0) is 36.3. The van der Waals surface area contributed by atoms with Gasteiger partial charge in [0, 0.05) is 34.0 Å². The fourth-order valence-electron chi connectivity index (χ4n) is 6.15. The molecule has 0 amide bonds. The first-order valence-corrected chi connectivity index (χ1v) is 18.7. The Morgan fingerprint density at radius 2 is 1.34 bits per heavy atom. The molecule has 4 aromatic carbocycles. The molecule has 0 aliphatic carbocycles. The van der Waals surface area contributed by atoms with Crippen LogP contribution in [-0.2, 0) is 10.1 Å². The Morgan fingerprint density at radius 3 is 1.98 bits per heavy atom.